The number of aromatic nitrogens is 3. The smallest absolute Gasteiger partial charge is 0.235 e. The molecule has 1 atom stereocenters. The Labute approximate surface area is 237 Å². The fraction of sp³-hybridized carbons (Fsp3) is 0.231. The highest BCUT2D eigenvalue weighted by atomic mass is 35.5. The lowest BCUT2D eigenvalue weighted by atomic mass is 9.76. The van der Waals surface area contributed by atoms with E-state index in [1.54, 1.807) is 24.1 Å². The third-order valence-corrected chi connectivity index (χ3v) is 8.51. The number of pyridine rings is 1. The summed E-state index contributed by atoms with van der Waals surface area (Å²) in [6.07, 6.45) is 3.10. The third kappa shape index (κ3) is 5.47. The van der Waals surface area contributed by atoms with Crippen molar-refractivity contribution in [3.8, 4) is 11.8 Å². The third-order valence-electron chi connectivity index (χ3n) is 6.25. The number of ketones is 1. The van der Waals surface area contributed by atoms with Crippen LogP contribution in [0.15, 0.2) is 69.6 Å². The highest BCUT2D eigenvalue weighted by Gasteiger charge is 2.41. The first-order valence-corrected chi connectivity index (χ1v) is 14.1. The van der Waals surface area contributed by atoms with Crippen molar-refractivity contribution in [2.75, 3.05) is 23.1 Å². The number of carbonyl (C=O) groups excluding carboxylic acids is 2. The van der Waals surface area contributed by atoms with Crippen molar-refractivity contribution >= 4 is 57.3 Å². The molecule has 10 nitrogen and oxygen atoms in total. The van der Waals surface area contributed by atoms with Crippen LogP contribution in [-0.2, 0) is 9.59 Å². The van der Waals surface area contributed by atoms with Gasteiger partial charge in [0.25, 0.3) is 0 Å². The molecule has 3 N–H and O–H groups in total. The van der Waals surface area contributed by atoms with Crippen LogP contribution in [0.25, 0.3) is 0 Å². The van der Waals surface area contributed by atoms with Crippen molar-refractivity contribution in [1.82, 2.24) is 15.2 Å². The molecule has 3 heterocycles. The van der Waals surface area contributed by atoms with E-state index >= 15 is 0 Å². The standard InChI is InChI=1S/C26H22ClN7O3S2/c1-37-16-5-2-4-14(10-16)22-17(11-28)24(29)34(18-6-3-7-19(35)23(18)22)25-32-33-26(39-25)38-13-21(36)31-20-9-8-15(27)12-30-20/h2,4-5,8-10,12,22H,3,6-7,13,29H2,1H3,(H,30,31,36). The number of nitriles is 1. The van der Waals surface area contributed by atoms with E-state index in [-0.39, 0.29) is 28.8 Å². The molecule has 0 saturated heterocycles. The number of anilines is 2. The normalized spacial score (nSPS) is 17.1. The number of hydrogen-bond donors (Lipinski definition) is 2. The maximum absolute atomic E-state index is 13.3. The van der Waals surface area contributed by atoms with Gasteiger partial charge in [0.05, 0.1) is 35.4 Å². The van der Waals surface area contributed by atoms with E-state index < -0.39 is 5.92 Å². The largest absolute Gasteiger partial charge is 0.497 e. The Morgan fingerprint density at radius 3 is 2.92 bits per heavy atom. The quantitative estimate of drug-likeness (QED) is 0.379. The van der Waals surface area contributed by atoms with E-state index in [2.05, 4.69) is 26.6 Å². The van der Waals surface area contributed by atoms with Crippen LogP contribution < -0.4 is 20.7 Å². The number of allylic oxidation sites excluding steroid dienone is 3. The fourth-order valence-electron chi connectivity index (χ4n) is 4.57. The average Bonchev–Trinajstić information content (AvgIpc) is 3.41. The van der Waals surface area contributed by atoms with E-state index in [9.17, 15) is 14.9 Å². The summed E-state index contributed by atoms with van der Waals surface area (Å²) in [5.74, 6) is 0.413. The van der Waals surface area contributed by atoms with Gasteiger partial charge in [-0.15, -0.1) is 10.2 Å². The lowest BCUT2D eigenvalue weighted by molar-refractivity contribution is -0.116. The molecule has 198 valence electrons. The number of methoxy groups -OCH3 is 1. The monoisotopic (exact) mass is 579 g/mol. The Bertz CT molecular complexity index is 1550. The first kappa shape index (κ1) is 26.7. The molecule has 1 amide bonds. The number of nitrogens with zero attached hydrogens (tertiary/aromatic N) is 5. The molecule has 1 aliphatic heterocycles. The topological polar surface area (TPSA) is 147 Å². The van der Waals surface area contributed by atoms with Crippen molar-refractivity contribution in [3.63, 3.8) is 0 Å². The summed E-state index contributed by atoms with van der Waals surface area (Å²) < 4.78 is 5.91. The van der Waals surface area contributed by atoms with Crippen LogP contribution in [0.2, 0.25) is 5.02 Å². The second-order valence-electron chi connectivity index (χ2n) is 8.64. The number of nitrogens with two attached hydrogens (primary N) is 1. The molecule has 3 aromatic rings. The van der Waals surface area contributed by atoms with Gasteiger partial charge in [0.2, 0.25) is 11.0 Å². The first-order chi connectivity index (χ1) is 18.9. The van der Waals surface area contributed by atoms with Gasteiger partial charge in [-0.05, 0) is 42.7 Å². The molecule has 1 aliphatic carbocycles. The van der Waals surface area contributed by atoms with E-state index in [0.717, 1.165) is 11.3 Å². The van der Waals surface area contributed by atoms with Crippen LogP contribution in [0.5, 0.6) is 5.75 Å². The van der Waals surface area contributed by atoms with Crippen molar-refractivity contribution in [3.05, 3.63) is 75.8 Å². The molecule has 1 aromatic carbocycles. The number of nitrogens with one attached hydrogen (secondary N) is 1. The molecule has 0 saturated carbocycles. The zero-order valence-electron chi connectivity index (χ0n) is 20.7. The molecular formula is C26H22ClN7O3S2. The maximum atomic E-state index is 13.3. The summed E-state index contributed by atoms with van der Waals surface area (Å²) in [5.41, 5.74) is 8.88. The Morgan fingerprint density at radius 1 is 1.33 bits per heavy atom. The van der Waals surface area contributed by atoms with Gasteiger partial charge in [-0.2, -0.15) is 5.26 Å². The Balaban J connectivity index is 1.42. The molecule has 0 fully saturated rings. The maximum Gasteiger partial charge on any atom is 0.235 e. The Hall–Kier alpha value is -3.92. The number of amides is 1. The number of rotatable bonds is 7. The predicted octanol–water partition coefficient (Wildman–Crippen LogP) is 4.63. The van der Waals surface area contributed by atoms with Crippen LogP contribution in [0.4, 0.5) is 10.9 Å². The summed E-state index contributed by atoms with van der Waals surface area (Å²) in [5, 5.41) is 22.3. The van der Waals surface area contributed by atoms with Gasteiger partial charge in [0, 0.05) is 23.9 Å². The van der Waals surface area contributed by atoms with Crippen molar-refractivity contribution in [2.24, 2.45) is 5.73 Å². The molecule has 0 radical (unpaired) electrons. The molecule has 13 heteroatoms. The van der Waals surface area contributed by atoms with Crippen LogP contribution in [0, 0.1) is 11.3 Å². The molecule has 0 bridgehead atoms. The number of hydrogen-bond acceptors (Lipinski definition) is 11. The second-order valence-corrected chi connectivity index (χ2v) is 11.3. The van der Waals surface area contributed by atoms with E-state index in [4.69, 9.17) is 22.1 Å². The Kier molecular flexibility index (Phi) is 7.83. The van der Waals surface area contributed by atoms with Crippen LogP contribution >= 0.6 is 34.7 Å². The highest BCUT2D eigenvalue weighted by molar-refractivity contribution is 8.01. The zero-order chi connectivity index (χ0) is 27.5. The minimum atomic E-state index is -0.601. The molecule has 5 rings (SSSR count). The molecule has 0 spiro atoms. The Morgan fingerprint density at radius 2 is 2.18 bits per heavy atom. The van der Waals surface area contributed by atoms with Gasteiger partial charge in [-0.25, -0.2) is 4.98 Å². The zero-order valence-corrected chi connectivity index (χ0v) is 23.1. The SMILES string of the molecule is COc1cccc(C2C(C#N)=C(N)N(c3nnc(SCC(=O)Nc4ccc(Cl)cn4)s3)C3=C2C(=O)CCC3)c1. The summed E-state index contributed by atoms with van der Waals surface area (Å²) in [6.45, 7) is 0. The van der Waals surface area contributed by atoms with Crippen molar-refractivity contribution in [1.29, 1.82) is 5.26 Å². The number of thioether (sulfide) groups is 1. The summed E-state index contributed by atoms with van der Waals surface area (Å²) >= 11 is 8.27. The van der Waals surface area contributed by atoms with Gasteiger partial charge in [0.1, 0.15) is 17.4 Å². The molecule has 1 unspecified atom stereocenters. The number of ether oxygens (including phenoxy) is 1. The highest BCUT2D eigenvalue weighted by Crippen LogP contribution is 2.47. The average molecular weight is 580 g/mol. The summed E-state index contributed by atoms with van der Waals surface area (Å²) in [4.78, 5) is 31.4. The van der Waals surface area contributed by atoms with Crippen molar-refractivity contribution < 1.29 is 14.3 Å². The van der Waals surface area contributed by atoms with Crippen LogP contribution in [-0.4, -0.2) is 39.7 Å². The number of halogens is 1. The van der Waals surface area contributed by atoms with Gasteiger partial charge < -0.3 is 15.8 Å². The minimum absolute atomic E-state index is 0.0269. The molecule has 2 aliphatic rings. The van der Waals surface area contributed by atoms with Crippen LogP contribution in [0.1, 0.15) is 30.7 Å². The van der Waals surface area contributed by atoms with E-state index in [0.29, 0.717) is 50.9 Å². The molecule has 2 aromatic heterocycles. The van der Waals surface area contributed by atoms with Gasteiger partial charge >= 0.3 is 0 Å². The van der Waals surface area contributed by atoms with Crippen LogP contribution in [0.3, 0.4) is 0 Å². The fourth-order valence-corrected chi connectivity index (χ4v) is 6.36. The first-order valence-electron chi connectivity index (χ1n) is 11.9. The molecule has 39 heavy (non-hydrogen) atoms. The van der Waals surface area contributed by atoms with Gasteiger partial charge in [0.15, 0.2) is 10.1 Å². The second kappa shape index (κ2) is 11.4. The van der Waals surface area contributed by atoms with Gasteiger partial charge in [-0.3, -0.25) is 14.5 Å². The molecular weight excluding hydrogens is 558 g/mol. The predicted molar refractivity (Wildman–Crippen MR) is 149 cm³/mol. The lowest BCUT2D eigenvalue weighted by Gasteiger charge is -2.38. The number of benzene rings is 1. The van der Waals surface area contributed by atoms with Crippen molar-refractivity contribution in [2.45, 2.75) is 29.5 Å². The summed E-state index contributed by atoms with van der Waals surface area (Å²) in [6, 6.07) is 12.8. The minimum Gasteiger partial charge on any atom is -0.497 e. The van der Waals surface area contributed by atoms with E-state index in [1.165, 1.54) is 29.3 Å². The summed E-state index contributed by atoms with van der Waals surface area (Å²) in [7, 11) is 1.57. The number of Topliss-reactive ketones (excluding diaryl/α,β-unsaturated/α-hetero) is 1. The van der Waals surface area contributed by atoms with E-state index in [1.807, 2.05) is 24.3 Å². The van der Waals surface area contributed by atoms with Gasteiger partial charge in [-0.1, -0.05) is 46.8 Å². The number of carbonyl (C=O) groups is 2. The lowest BCUT2D eigenvalue weighted by Crippen LogP contribution is -2.38.